The second kappa shape index (κ2) is 5.48. The monoisotopic (exact) mass is 344 g/mol. The number of H-pyrrole nitrogens is 1. The van der Waals surface area contributed by atoms with E-state index in [1.54, 1.807) is 6.92 Å². The Bertz CT molecular complexity index is 990. The lowest BCUT2D eigenvalue weighted by atomic mass is 10.0. The molecule has 3 aromatic rings. The average Bonchev–Trinajstić information content (AvgIpc) is 3.23. The predicted octanol–water partition coefficient (Wildman–Crippen LogP) is 2.51. The number of fused-ring (bicyclic) bond motifs is 1. The van der Waals surface area contributed by atoms with Gasteiger partial charge in [-0.05, 0) is 30.5 Å². The van der Waals surface area contributed by atoms with Crippen molar-refractivity contribution < 1.29 is 12.8 Å². The number of aromatic amines is 1. The number of para-hydroxylation sites is 1. The van der Waals surface area contributed by atoms with E-state index in [1.807, 2.05) is 24.3 Å². The molecule has 1 N–H and O–H groups in total. The van der Waals surface area contributed by atoms with Crippen molar-refractivity contribution in [2.45, 2.75) is 24.7 Å². The van der Waals surface area contributed by atoms with E-state index in [-0.39, 0.29) is 10.8 Å². The summed E-state index contributed by atoms with van der Waals surface area (Å²) >= 11 is 0. The molecule has 0 aliphatic carbocycles. The van der Waals surface area contributed by atoms with Gasteiger partial charge in [-0.15, -0.1) is 10.2 Å². The van der Waals surface area contributed by atoms with Crippen LogP contribution in [0, 0.1) is 6.92 Å². The molecule has 0 unspecified atom stereocenters. The lowest BCUT2D eigenvalue weighted by molar-refractivity contribution is 0.531. The fourth-order valence-electron chi connectivity index (χ4n) is 2.93. The molecule has 124 valence electrons. The number of aromatic nitrogens is 3. The summed E-state index contributed by atoms with van der Waals surface area (Å²) in [5.74, 6) is 0.696. The lowest BCUT2D eigenvalue weighted by Gasteiger charge is -2.30. The first-order valence-corrected chi connectivity index (χ1v) is 9.09. The van der Waals surface area contributed by atoms with Crippen molar-refractivity contribution in [1.82, 2.24) is 15.2 Å². The Morgan fingerprint density at radius 2 is 2.08 bits per heavy atom. The van der Waals surface area contributed by atoms with Crippen molar-refractivity contribution in [1.29, 1.82) is 0 Å². The number of anilines is 1. The topological polar surface area (TPSA) is 92.1 Å². The van der Waals surface area contributed by atoms with Crippen molar-refractivity contribution in [2.75, 3.05) is 10.8 Å². The van der Waals surface area contributed by atoms with Crippen molar-refractivity contribution >= 4 is 15.7 Å². The van der Waals surface area contributed by atoms with Crippen LogP contribution >= 0.6 is 0 Å². The van der Waals surface area contributed by atoms with E-state index in [4.69, 9.17) is 4.42 Å². The van der Waals surface area contributed by atoms with Gasteiger partial charge in [-0.3, -0.25) is 4.31 Å². The largest absolute Gasteiger partial charge is 0.420 e. The molecule has 0 saturated heterocycles. The minimum absolute atomic E-state index is 0.185. The Balaban J connectivity index is 1.73. The lowest BCUT2D eigenvalue weighted by Crippen LogP contribution is -2.35. The zero-order valence-electron chi connectivity index (χ0n) is 13.1. The fourth-order valence-corrected chi connectivity index (χ4v) is 4.46. The molecule has 0 fully saturated rings. The van der Waals surface area contributed by atoms with Crippen LogP contribution in [0.3, 0.4) is 0 Å². The third kappa shape index (κ3) is 2.39. The molecule has 1 aromatic carbocycles. The maximum atomic E-state index is 13.0. The van der Waals surface area contributed by atoms with Gasteiger partial charge in [0.05, 0.1) is 5.69 Å². The Kier molecular flexibility index (Phi) is 3.42. The molecular formula is C16H16N4O3S. The van der Waals surface area contributed by atoms with Gasteiger partial charge in [0.1, 0.15) is 10.6 Å². The van der Waals surface area contributed by atoms with Crippen LogP contribution in [0.4, 0.5) is 5.69 Å². The highest BCUT2D eigenvalue weighted by molar-refractivity contribution is 7.92. The number of nitrogens with zero attached hydrogens (tertiary/aromatic N) is 3. The Morgan fingerprint density at radius 1 is 1.25 bits per heavy atom. The SMILES string of the molecule is Cc1nnc(-c2cc(S(=O)(=O)N3CCCc4ccccc43)c[nH]2)o1. The number of hydrogen-bond donors (Lipinski definition) is 1. The molecule has 1 aliphatic rings. The van der Waals surface area contributed by atoms with E-state index in [1.165, 1.54) is 16.6 Å². The summed E-state index contributed by atoms with van der Waals surface area (Å²) < 4.78 is 32.9. The van der Waals surface area contributed by atoms with Crippen LogP contribution in [0.1, 0.15) is 17.9 Å². The van der Waals surface area contributed by atoms with Gasteiger partial charge in [-0.2, -0.15) is 0 Å². The average molecular weight is 344 g/mol. The van der Waals surface area contributed by atoms with E-state index in [9.17, 15) is 8.42 Å². The highest BCUT2D eigenvalue weighted by Gasteiger charge is 2.30. The number of rotatable bonds is 3. The van der Waals surface area contributed by atoms with Crippen molar-refractivity contribution in [2.24, 2.45) is 0 Å². The van der Waals surface area contributed by atoms with E-state index in [0.717, 1.165) is 24.1 Å². The van der Waals surface area contributed by atoms with Gasteiger partial charge in [-0.1, -0.05) is 18.2 Å². The van der Waals surface area contributed by atoms with Gasteiger partial charge in [0, 0.05) is 19.7 Å². The summed E-state index contributed by atoms with van der Waals surface area (Å²) in [5.41, 5.74) is 2.29. The number of nitrogens with one attached hydrogen (secondary N) is 1. The Labute approximate surface area is 139 Å². The molecule has 0 saturated carbocycles. The third-order valence-electron chi connectivity index (χ3n) is 4.07. The molecule has 8 heteroatoms. The van der Waals surface area contributed by atoms with Crippen LogP contribution in [0.5, 0.6) is 0 Å². The smallest absolute Gasteiger partial charge is 0.265 e. The van der Waals surface area contributed by atoms with E-state index in [2.05, 4.69) is 15.2 Å². The van der Waals surface area contributed by atoms with Crippen LogP contribution < -0.4 is 4.31 Å². The fraction of sp³-hybridized carbons (Fsp3) is 0.250. The summed E-state index contributed by atoms with van der Waals surface area (Å²) in [6, 6.07) is 9.14. The highest BCUT2D eigenvalue weighted by Crippen LogP contribution is 2.32. The molecule has 0 bridgehead atoms. The normalized spacial score (nSPS) is 14.6. The molecule has 3 heterocycles. The van der Waals surface area contributed by atoms with Gasteiger partial charge in [0.2, 0.25) is 5.89 Å². The molecule has 1 aliphatic heterocycles. The first kappa shape index (κ1) is 14.9. The molecular weight excluding hydrogens is 328 g/mol. The van der Waals surface area contributed by atoms with Crippen molar-refractivity contribution in [3.8, 4) is 11.6 Å². The molecule has 0 spiro atoms. The van der Waals surface area contributed by atoms with E-state index < -0.39 is 10.0 Å². The molecule has 0 amide bonds. The van der Waals surface area contributed by atoms with Gasteiger partial charge < -0.3 is 9.40 Å². The zero-order valence-corrected chi connectivity index (χ0v) is 13.9. The summed E-state index contributed by atoms with van der Waals surface area (Å²) in [7, 11) is -3.64. The highest BCUT2D eigenvalue weighted by atomic mass is 32.2. The van der Waals surface area contributed by atoms with Crippen LogP contribution in [-0.2, 0) is 16.4 Å². The Hall–Kier alpha value is -2.61. The molecule has 24 heavy (non-hydrogen) atoms. The number of sulfonamides is 1. The summed E-state index contributed by atoms with van der Waals surface area (Å²) in [6.45, 7) is 2.15. The van der Waals surface area contributed by atoms with E-state index >= 15 is 0 Å². The molecule has 2 aromatic heterocycles. The first-order valence-electron chi connectivity index (χ1n) is 7.65. The van der Waals surface area contributed by atoms with E-state index in [0.29, 0.717) is 18.1 Å². The minimum atomic E-state index is -3.64. The van der Waals surface area contributed by atoms with Gasteiger partial charge in [0.15, 0.2) is 0 Å². The standard InChI is InChI=1S/C16H16N4O3S/c1-11-18-19-16(23-11)14-9-13(10-17-14)24(21,22)20-8-4-6-12-5-2-3-7-15(12)20/h2-3,5,7,9-10,17H,4,6,8H2,1H3. The zero-order chi connectivity index (χ0) is 16.7. The molecule has 4 rings (SSSR count). The summed E-state index contributed by atoms with van der Waals surface area (Å²) in [6.07, 6.45) is 3.15. The van der Waals surface area contributed by atoms with Crippen LogP contribution in [-0.4, -0.2) is 30.1 Å². The predicted molar refractivity (Wildman–Crippen MR) is 88.1 cm³/mol. The van der Waals surface area contributed by atoms with Crippen LogP contribution in [0.15, 0.2) is 45.8 Å². The van der Waals surface area contributed by atoms with Gasteiger partial charge in [0.25, 0.3) is 15.9 Å². The Morgan fingerprint density at radius 3 is 2.88 bits per heavy atom. The number of benzene rings is 1. The number of aryl methyl sites for hydroxylation is 2. The quantitative estimate of drug-likeness (QED) is 0.788. The molecule has 0 radical (unpaired) electrons. The van der Waals surface area contributed by atoms with Gasteiger partial charge >= 0.3 is 0 Å². The molecule has 0 atom stereocenters. The van der Waals surface area contributed by atoms with Gasteiger partial charge in [-0.25, -0.2) is 8.42 Å². The maximum Gasteiger partial charge on any atom is 0.265 e. The first-order chi connectivity index (χ1) is 11.6. The second-order valence-electron chi connectivity index (χ2n) is 5.68. The third-order valence-corrected chi connectivity index (χ3v) is 5.86. The minimum Gasteiger partial charge on any atom is -0.420 e. The van der Waals surface area contributed by atoms with Crippen molar-refractivity contribution in [3.05, 3.63) is 48.0 Å². The van der Waals surface area contributed by atoms with Crippen molar-refractivity contribution in [3.63, 3.8) is 0 Å². The summed E-state index contributed by atoms with van der Waals surface area (Å²) in [5, 5.41) is 7.66. The van der Waals surface area contributed by atoms with Crippen LogP contribution in [0.2, 0.25) is 0 Å². The van der Waals surface area contributed by atoms with Crippen LogP contribution in [0.25, 0.3) is 11.6 Å². The molecule has 7 nitrogen and oxygen atoms in total. The summed E-state index contributed by atoms with van der Waals surface area (Å²) in [4.78, 5) is 3.09. The number of hydrogen-bond acceptors (Lipinski definition) is 5. The second-order valence-corrected chi connectivity index (χ2v) is 7.55. The maximum absolute atomic E-state index is 13.0.